The zero-order valence-corrected chi connectivity index (χ0v) is 17.2. The van der Waals surface area contributed by atoms with Crippen molar-refractivity contribution in [2.45, 2.75) is 13.8 Å². The third-order valence-electron chi connectivity index (χ3n) is 4.72. The van der Waals surface area contributed by atoms with E-state index in [-0.39, 0.29) is 0 Å². The monoisotopic (exact) mass is 406 g/mol. The molecule has 0 atom stereocenters. The number of rotatable bonds is 7. The SMILES string of the molecule is CCN(CC)CCOc1ccc(C#Cc2ccc(-c3cc(F)cc(F)c3)cn2)cc1. The number of hydrogen-bond acceptors (Lipinski definition) is 3. The average molecular weight is 406 g/mol. The van der Waals surface area contributed by atoms with Gasteiger partial charge in [0.25, 0.3) is 0 Å². The van der Waals surface area contributed by atoms with Crippen molar-refractivity contribution in [3.05, 3.63) is 83.7 Å². The lowest BCUT2D eigenvalue weighted by atomic mass is 10.1. The molecular formula is C25H24F2N2O. The number of aromatic nitrogens is 1. The first-order valence-electron chi connectivity index (χ1n) is 9.97. The van der Waals surface area contributed by atoms with Crippen molar-refractivity contribution in [1.82, 2.24) is 9.88 Å². The highest BCUT2D eigenvalue weighted by atomic mass is 19.1. The summed E-state index contributed by atoms with van der Waals surface area (Å²) in [6, 6.07) is 14.5. The minimum absolute atomic E-state index is 0.441. The first-order valence-corrected chi connectivity index (χ1v) is 9.97. The van der Waals surface area contributed by atoms with Crippen LogP contribution in [-0.4, -0.2) is 36.1 Å². The highest BCUT2D eigenvalue weighted by Crippen LogP contribution is 2.21. The molecule has 0 N–H and O–H groups in total. The lowest BCUT2D eigenvalue weighted by Gasteiger charge is -2.17. The van der Waals surface area contributed by atoms with Crippen LogP contribution in [0.2, 0.25) is 0 Å². The van der Waals surface area contributed by atoms with E-state index in [0.29, 0.717) is 23.4 Å². The van der Waals surface area contributed by atoms with Crippen LogP contribution in [-0.2, 0) is 0 Å². The van der Waals surface area contributed by atoms with E-state index in [4.69, 9.17) is 4.74 Å². The Morgan fingerprint density at radius 2 is 1.57 bits per heavy atom. The zero-order valence-electron chi connectivity index (χ0n) is 17.2. The molecule has 1 heterocycles. The van der Waals surface area contributed by atoms with E-state index >= 15 is 0 Å². The summed E-state index contributed by atoms with van der Waals surface area (Å²) in [6.45, 7) is 7.86. The summed E-state index contributed by atoms with van der Waals surface area (Å²) in [5, 5.41) is 0. The third kappa shape index (κ3) is 6.13. The molecule has 3 nitrogen and oxygen atoms in total. The lowest BCUT2D eigenvalue weighted by Crippen LogP contribution is -2.27. The van der Waals surface area contributed by atoms with Crippen LogP contribution in [0.5, 0.6) is 5.75 Å². The molecule has 154 valence electrons. The fraction of sp³-hybridized carbons (Fsp3) is 0.240. The topological polar surface area (TPSA) is 25.4 Å². The minimum atomic E-state index is -0.616. The highest BCUT2D eigenvalue weighted by molar-refractivity contribution is 5.63. The van der Waals surface area contributed by atoms with E-state index in [1.807, 2.05) is 24.3 Å². The molecule has 1 aromatic heterocycles. The Kier molecular flexibility index (Phi) is 7.53. The number of ether oxygens (including phenoxy) is 1. The number of halogens is 2. The molecule has 0 aliphatic carbocycles. The quantitative estimate of drug-likeness (QED) is 0.508. The maximum absolute atomic E-state index is 13.4. The van der Waals surface area contributed by atoms with Gasteiger partial charge in [0.15, 0.2) is 0 Å². The van der Waals surface area contributed by atoms with Crippen LogP contribution in [0.1, 0.15) is 25.1 Å². The Morgan fingerprint density at radius 1 is 0.867 bits per heavy atom. The molecule has 2 aromatic carbocycles. The number of pyridine rings is 1. The van der Waals surface area contributed by atoms with Gasteiger partial charge in [-0.2, -0.15) is 0 Å². The molecule has 0 bridgehead atoms. The first-order chi connectivity index (χ1) is 14.6. The summed E-state index contributed by atoms with van der Waals surface area (Å²) >= 11 is 0. The largest absolute Gasteiger partial charge is 0.492 e. The molecule has 5 heteroatoms. The minimum Gasteiger partial charge on any atom is -0.492 e. The van der Waals surface area contributed by atoms with Crippen molar-refractivity contribution in [3.8, 4) is 28.7 Å². The number of benzene rings is 2. The maximum Gasteiger partial charge on any atom is 0.126 e. The van der Waals surface area contributed by atoms with E-state index in [0.717, 1.165) is 37.0 Å². The van der Waals surface area contributed by atoms with Crippen molar-refractivity contribution in [2.75, 3.05) is 26.2 Å². The zero-order chi connectivity index (χ0) is 21.3. The normalized spacial score (nSPS) is 10.6. The van der Waals surface area contributed by atoms with Crippen LogP contribution in [0.15, 0.2) is 60.8 Å². The second-order valence-electron chi connectivity index (χ2n) is 6.74. The van der Waals surface area contributed by atoms with Gasteiger partial charge in [0.2, 0.25) is 0 Å². The fourth-order valence-electron chi connectivity index (χ4n) is 2.96. The van der Waals surface area contributed by atoms with Crippen LogP contribution >= 0.6 is 0 Å². The smallest absolute Gasteiger partial charge is 0.126 e. The molecule has 0 aliphatic heterocycles. The van der Waals surface area contributed by atoms with E-state index in [2.05, 4.69) is 35.6 Å². The summed E-state index contributed by atoms with van der Waals surface area (Å²) in [6.07, 6.45) is 1.56. The van der Waals surface area contributed by atoms with Gasteiger partial charge in [0.1, 0.15) is 29.7 Å². The summed E-state index contributed by atoms with van der Waals surface area (Å²) in [5.74, 6) is 5.64. The molecular weight excluding hydrogens is 382 g/mol. The molecule has 3 aromatic rings. The van der Waals surface area contributed by atoms with Crippen molar-refractivity contribution < 1.29 is 13.5 Å². The first kappa shape index (κ1) is 21.5. The second-order valence-corrected chi connectivity index (χ2v) is 6.74. The Hall–Kier alpha value is -3.23. The number of hydrogen-bond donors (Lipinski definition) is 0. The molecule has 0 fully saturated rings. The predicted octanol–water partition coefficient (Wildman–Crippen LogP) is 5.15. The maximum atomic E-state index is 13.4. The van der Waals surface area contributed by atoms with Crippen LogP contribution in [0.25, 0.3) is 11.1 Å². The average Bonchev–Trinajstić information content (AvgIpc) is 2.76. The lowest BCUT2D eigenvalue weighted by molar-refractivity contribution is 0.223. The fourth-order valence-corrected chi connectivity index (χ4v) is 2.96. The van der Waals surface area contributed by atoms with Gasteiger partial charge < -0.3 is 9.64 Å². The van der Waals surface area contributed by atoms with Gasteiger partial charge in [-0.25, -0.2) is 13.8 Å². The molecule has 30 heavy (non-hydrogen) atoms. The van der Waals surface area contributed by atoms with Crippen molar-refractivity contribution in [3.63, 3.8) is 0 Å². The van der Waals surface area contributed by atoms with Crippen molar-refractivity contribution in [1.29, 1.82) is 0 Å². The van der Waals surface area contributed by atoms with Crippen molar-refractivity contribution in [2.24, 2.45) is 0 Å². The van der Waals surface area contributed by atoms with Gasteiger partial charge in [-0.05, 0) is 67.0 Å². The van der Waals surface area contributed by atoms with Gasteiger partial charge in [-0.1, -0.05) is 25.8 Å². The van der Waals surface area contributed by atoms with Crippen LogP contribution in [0.4, 0.5) is 8.78 Å². The molecule has 0 spiro atoms. The Labute approximate surface area is 176 Å². The van der Waals surface area contributed by atoms with E-state index in [9.17, 15) is 8.78 Å². The molecule has 0 saturated carbocycles. The molecule has 3 rings (SSSR count). The predicted molar refractivity (Wildman–Crippen MR) is 115 cm³/mol. The standard InChI is InChI=1S/C25H24F2N2O/c1-3-29(4-2)13-14-30-25-11-6-19(7-12-25)5-9-24-10-8-20(18-28-24)21-15-22(26)17-23(27)16-21/h6-8,10-12,15-18H,3-4,13-14H2,1-2H3. The summed E-state index contributed by atoms with van der Waals surface area (Å²) in [4.78, 5) is 6.58. The molecule has 0 saturated heterocycles. The van der Waals surface area contributed by atoms with E-state index in [1.165, 1.54) is 12.1 Å². The van der Waals surface area contributed by atoms with Gasteiger partial charge in [-0.15, -0.1) is 0 Å². The molecule has 0 radical (unpaired) electrons. The van der Waals surface area contributed by atoms with Crippen LogP contribution in [0.3, 0.4) is 0 Å². The highest BCUT2D eigenvalue weighted by Gasteiger charge is 2.04. The Balaban J connectivity index is 1.60. The molecule has 0 aliphatic rings. The third-order valence-corrected chi connectivity index (χ3v) is 4.72. The second kappa shape index (κ2) is 10.5. The Bertz CT molecular complexity index is 998. The molecule has 0 unspecified atom stereocenters. The van der Waals surface area contributed by atoms with Gasteiger partial charge in [0.05, 0.1) is 0 Å². The summed E-state index contributed by atoms with van der Waals surface area (Å²) < 4.78 is 32.5. The number of likely N-dealkylation sites (N-methyl/N-ethyl adjacent to an activating group) is 1. The summed E-state index contributed by atoms with van der Waals surface area (Å²) in [5.41, 5.74) is 2.50. The summed E-state index contributed by atoms with van der Waals surface area (Å²) in [7, 11) is 0. The van der Waals surface area contributed by atoms with Gasteiger partial charge >= 0.3 is 0 Å². The molecule has 0 amide bonds. The van der Waals surface area contributed by atoms with Gasteiger partial charge in [0, 0.05) is 29.9 Å². The van der Waals surface area contributed by atoms with Crippen LogP contribution in [0, 0.1) is 23.5 Å². The van der Waals surface area contributed by atoms with Crippen LogP contribution < -0.4 is 4.74 Å². The van der Waals surface area contributed by atoms with Gasteiger partial charge in [-0.3, -0.25) is 0 Å². The van der Waals surface area contributed by atoms with E-state index < -0.39 is 11.6 Å². The van der Waals surface area contributed by atoms with E-state index in [1.54, 1.807) is 18.3 Å². The Morgan fingerprint density at radius 3 is 2.17 bits per heavy atom. The number of nitrogens with zero attached hydrogens (tertiary/aromatic N) is 2. The van der Waals surface area contributed by atoms with Crippen molar-refractivity contribution >= 4 is 0 Å².